The Labute approximate surface area is 132 Å². The van der Waals surface area contributed by atoms with Crippen molar-refractivity contribution in [3.05, 3.63) is 10.4 Å². The lowest BCUT2D eigenvalue weighted by Gasteiger charge is -2.33. The lowest BCUT2D eigenvalue weighted by atomic mass is 10.2. The van der Waals surface area contributed by atoms with Crippen LogP contribution < -0.4 is 21.7 Å². The molecule has 1 aromatic rings. The Hall–Kier alpha value is -1.41. The molecule has 6 nitrogen and oxygen atoms in total. The van der Waals surface area contributed by atoms with Crippen LogP contribution in [0.15, 0.2) is 0 Å². The van der Waals surface area contributed by atoms with Crippen LogP contribution in [0.5, 0.6) is 0 Å². The molecule has 116 valence electrons. The zero-order chi connectivity index (χ0) is 15.6. The number of thiophene rings is 1. The summed E-state index contributed by atoms with van der Waals surface area (Å²) < 4.78 is 0. The van der Waals surface area contributed by atoms with Crippen molar-refractivity contribution in [2.24, 2.45) is 5.73 Å². The average Bonchev–Trinajstić information content (AvgIpc) is 2.84. The van der Waals surface area contributed by atoms with E-state index >= 15 is 0 Å². The highest BCUT2D eigenvalue weighted by Gasteiger charge is 2.29. The van der Waals surface area contributed by atoms with Gasteiger partial charge in [-0.15, -0.1) is 11.3 Å². The molecule has 0 bridgehead atoms. The van der Waals surface area contributed by atoms with Crippen LogP contribution >= 0.6 is 23.1 Å². The third-order valence-corrected chi connectivity index (χ3v) is 6.14. The molecule has 0 aromatic carbocycles. The highest BCUT2D eigenvalue weighted by Crippen LogP contribution is 2.40. The third-order valence-electron chi connectivity index (χ3n) is 3.49. The van der Waals surface area contributed by atoms with E-state index in [9.17, 15) is 9.59 Å². The van der Waals surface area contributed by atoms with Gasteiger partial charge < -0.3 is 21.7 Å². The zero-order valence-electron chi connectivity index (χ0n) is 12.1. The second kappa shape index (κ2) is 6.57. The first-order chi connectivity index (χ1) is 9.99. The van der Waals surface area contributed by atoms with Gasteiger partial charge in [0.1, 0.15) is 9.88 Å². The maximum Gasteiger partial charge on any atom is 0.260 e. The standard InChI is InChI=1S/C13H20N4O2S2/c1-3-7-6-17(4-5-20-7)13-8(12(19)16-2)9(14)10(21-13)11(15)18/h7H,3-6,14H2,1-2H3,(H2,15,18)(H,16,19). The molecular weight excluding hydrogens is 308 g/mol. The van der Waals surface area contributed by atoms with Crippen molar-refractivity contribution in [3.8, 4) is 0 Å². The molecule has 5 N–H and O–H groups in total. The van der Waals surface area contributed by atoms with Crippen molar-refractivity contribution in [3.63, 3.8) is 0 Å². The van der Waals surface area contributed by atoms with Gasteiger partial charge in [-0.2, -0.15) is 11.8 Å². The maximum atomic E-state index is 12.1. The molecule has 1 saturated heterocycles. The number of nitrogens with one attached hydrogen (secondary N) is 1. The fraction of sp³-hybridized carbons (Fsp3) is 0.538. The highest BCUT2D eigenvalue weighted by atomic mass is 32.2. The Morgan fingerprint density at radius 3 is 2.76 bits per heavy atom. The number of carbonyl (C=O) groups excluding carboxylic acids is 2. The smallest absolute Gasteiger partial charge is 0.260 e. The summed E-state index contributed by atoms with van der Waals surface area (Å²) in [6, 6.07) is 0. The number of hydrogen-bond acceptors (Lipinski definition) is 6. The van der Waals surface area contributed by atoms with Crippen molar-refractivity contribution < 1.29 is 9.59 Å². The van der Waals surface area contributed by atoms with E-state index in [2.05, 4.69) is 17.1 Å². The molecular formula is C13H20N4O2S2. The fourth-order valence-corrected chi connectivity index (χ4v) is 4.62. The van der Waals surface area contributed by atoms with Gasteiger partial charge in [-0.3, -0.25) is 9.59 Å². The van der Waals surface area contributed by atoms with Gasteiger partial charge in [-0.1, -0.05) is 6.92 Å². The lowest BCUT2D eigenvalue weighted by molar-refractivity contribution is 0.0964. The van der Waals surface area contributed by atoms with Crippen LogP contribution in [-0.4, -0.2) is 43.0 Å². The number of nitrogens with zero attached hydrogens (tertiary/aromatic N) is 1. The second-order valence-corrected chi connectivity index (χ2v) is 7.22. The number of nitrogen functional groups attached to an aromatic ring is 1. The number of hydrogen-bond donors (Lipinski definition) is 3. The number of nitrogens with two attached hydrogens (primary N) is 2. The SMILES string of the molecule is CCC1CN(c2sc(C(N)=O)c(N)c2C(=O)NC)CCS1. The van der Waals surface area contributed by atoms with E-state index in [1.165, 1.54) is 11.3 Å². The summed E-state index contributed by atoms with van der Waals surface area (Å²) in [5.41, 5.74) is 11.9. The van der Waals surface area contributed by atoms with Gasteiger partial charge in [0.05, 0.1) is 11.3 Å². The number of amides is 2. The Morgan fingerprint density at radius 1 is 1.48 bits per heavy atom. The lowest BCUT2D eigenvalue weighted by Crippen LogP contribution is -2.38. The number of primary amides is 1. The summed E-state index contributed by atoms with van der Waals surface area (Å²) in [5.74, 6) is 0.125. The van der Waals surface area contributed by atoms with Crippen molar-refractivity contribution in [1.82, 2.24) is 5.32 Å². The number of thioether (sulfide) groups is 1. The topological polar surface area (TPSA) is 101 Å². The molecule has 0 radical (unpaired) electrons. The quantitative estimate of drug-likeness (QED) is 0.769. The summed E-state index contributed by atoms with van der Waals surface area (Å²) >= 11 is 3.15. The molecule has 1 aliphatic rings. The zero-order valence-corrected chi connectivity index (χ0v) is 13.8. The van der Waals surface area contributed by atoms with Gasteiger partial charge >= 0.3 is 0 Å². The highest BCUT2D eigenvalue weighted by molar-refractivity contribution is 8.00. The first-order valence-corrected chi connectivity index (χ1v) is 8.66. The molecule has 1 aromatic heterocycles. The summed E-state index contributed by atoms with van der Waals surface area (Å²) in [4.78, 5) is 26.0. The largest absolute Gasteiger partial charge is 0.397 e. The molecule has 2 heterocycles. The van der Waals surface area contributed by atoms with Gasteiger partial charge in [0.15, 0.2) is 0 Å². The minimum atomic E-state index is -0.590. The fourth-order valence-electron chi connectivity index (χ4n) is 2.33. The van der Waals surface area contributed by atoms with E-state index in [4.69, 9.17) is 11.5 Å². The first kappa shape index (κ1) is 16.0. The summed E-state index contributed by atoms with van der Waals surface area (Å²) in [7, 11) is 1.55. The average molecular weight is 328 g/mol. The molecule has 1 atom stereocenters. The molecule has 1 unspecified atom stereocenters. The molecule has 1 aliphatic heterocycles. The van der Waals surface area contributed by atoms with E-state index < -0.39 is 5.91 Å². The molecule has 0 saturated carbocycles. The van der Waals surface area contributed by atoms with Crippen LogP contribution in [0.25, 0.3) is 0 Å². The predicted molar refractivity (Wildman–Crippen MR) is 89.4 cm³/mol. The Balaban J connectivity index is 2.44. The Kier molecular flexibility index (Phi) is 5.00. The predicted octanol–water partition coefficient (Wildman–Crippen LogP) is 1.12. The van der Waals surface area contributed by atoms with Crippen LogP contribution in [0.4, 0.5) is 10.7 Å². The Bertz CT molecular complexity index is 559. The van der Waals surface area contributed by atoms with Gasteiger partial charge in [0, 0.05) is 31.1 Å². The summed E-state index contributed by atoms with van der Waals surface area (Å²) in [6.45, 7) is 3.84. The molecule has 2 amide bonds. The molecule has 1 fully saturated rings. The number of rotatable bonds is 4. The molecule has 21 heavy (non-hydrogen) atoms. The monoisotopic (exact) mass is 328 g/mol. The van der Waals surface area contributed by atoms with Gasteiger partial charge in [0.2, 0.25) is 0 Å². The Morgan fingerprint density at radius 2 is 2.19 bits per heavy atom. The van der Waals surface area contributed by atoms with Crippen LogP contribution in [-0.2, 0) is 0 Å². The molecule has 0 spiro atoms. The number of carbonyl (C=O) groups is 2. The first-order valence-electron chi connectivity index (χ1n) is 6.80. The molecule has 0 aliphatic carbocycles. The minimum absolute atomic E-state index is 0.188. The van der Waals surface area contributed by atoms with Crippen LogP contribution in [0, 0.1) is 0 Å². The minimum Gasteiger partial charge on any atom is -0.397 e. The normalized spacial score (nSPS) is 18.6. The van der Waals surface area contributed by atoms with Crippen molar-refractivity contribution >= 4 is 45.6 Å². The van der Waals surface area contributed by atoms with Crippen molar-refractivity contribution in [1.29, 1.82) is 0 Å². The van der Waals surface area contributed by atoms with Crippen LogP contribution in [0.3, 0.4) is 0 Å². The van der Waals surface area contributed by atoms with E-state index in [0.29, 0.717) is 10.8 Å². The van der Waals surface area contributed by atoms with Crippen molar-refractivity contribution in [2.45, 2.75) is 18.6 Å². The van der Waals surface area contributed by atoms with Gasteiger partial charge in [-0.25, -0.2) is 0 Å². The van der Waals surface area contributed by atoms with E-state index in [1.54, 1.807) is 7.05 Å². The van der Waals surface area contributed by atoms with Crippen LogP contribution in [0.1, 0.15) is 33.4 Å². The van der Waals surface area contributed by atoms with E-state index in [0.717, 1.165) is 30.3 Å². The van der Waals surface area contributed by atoms with Crippen LogP contribution in [0.2, 0.25) is 0 Å². The maximum absolute atomic E-state index is 12.1. The molecule has 2 rings (SSSR count). The second-order valence-electron chi connectivity index (χ2n) is 4.82. The summed E-state index contributed by atoms with van der Waals surface area (Å²) in [5, 5.41) is 3.86. The van der Waals surface area contributed by atoms with Crippen molar-refractivity contribution in [2.75, 3.05) is 36.5 Å². The number of anilines is 2. The van der Waals surface area contributed by atoms with Gasteiger partial charge in [-0.05, 0) is 6.42 Å². The third kappa shape index (κ3) is 3.11. The summed E-state index contributed by atoms with van der Waals surface area (Å²) in [6.07, 6.45) is 1.07. The van der Waals surface area contributed by atoms with Gasteiger partial charge in [0.25, 0.3) is 11.8 Å². The molecule has 8 heteroatoms. The van der Waals surface area contributed by atoms with E-state index in [1.807, 2.05) is 11.8 Å². The van der Waals surface area contributed by atoms with E-state index in [-0.39, 0.29) is 16.5 Å².